The van der Waals surface area contributed by atoms with E-state index in [1.165, 1.54) is 122 Å². The summed E-state index contributed by atoms with van der Waals surface area (Å²) in [5.74, 6) is -0.194. The van der Waals surface area contributed by atoms with Gasteiger partial charge in [0.1, 0.15) is 13.2 Å². The van der Waals surface area contributed by atoms with E-state index in [2.05, 4.69) is 129 Å². The molecule has 0 aliphatic carbocycles. The second-order valence-corrected chi connectivity index (χ2v) is 22.4. The molecule has 8 nitrogen and oxygen atoms in total. The maximum atomic E-state index is 13.0. The van der Waals surface area contributed by atoms with Gasteiger partial charge in [0.15, 0.2) is 0 Å². The average Bonchev–Trinajstić information content (AvgIpc) is 3.36. The molecule has 0 fully saturated rings. The van der Waals surface area contributed by atoms with E-state index in [4.69, 9.17) is 9.05 Å². The summed E-state index contributed by atoms with van der Waals surface area (Å²) in [5.41, 5.74) is 0. The van der Waals surface area contributed by atoms with Gasteiger partial charge in [0.25, 0.3) is 0 Å². The minimum atomic E-state index is -4.36. The SMILES string of the molecule is CC/C=C\C/C=C\C/C=C\C/C=C\C/C=C\C/C=C\C/C=C\C/C=C\CCCCCCCCCCCCCCC(=O)NC(COP(=O)(O)OCC[N+](C)(C)C)C(O)/C=C/CC/C=C/CCCCCCCCCCC. The Morgan fingerprint density at radius 1 is 0.473 bits per heavy atom. The van der Waals surface area contributed by atoms with E-state index in [9.17, 15) is 19.4 Å². The fourth-order valence-electron chi connectivity index (χ4n) is 8.01. The number of hydrogen-bond donors (Lipinski definition) is 3. The zero-order valence-electron chi connectivity index (χ0n) is 48.3. The van der Waals surface area contributed by atoms with Crippen LogP contribution in [0.1, 0.15) is 232 Å². The predicted molar refractivity (Wildman–Crippen MR) is 322 cm³/mol. The lowest BCUT2D eigenvalue weighted by Crippen LogP contribution is -2.45. The standard InChI is InChI=1S/C65H113N2O6P/c1-6-8-10-12-14-16-18-20-22-23-24-25-26-27-28-29-30-31-32-33-34-35-36-37-38-39-40-41-42-43-45-47-49-51-53-55-57-59-65(69)66-63(62-73-74(70,71)72-61-60-67(3,4)5)64(68)58-56-54-52-50-48-46-44-21-19-17-15-13-11-9-7-2/h8,10,14,16,20,22,24-25,27-28,30-31,33-34,36-37,48,50,56,58,63-64,68H,6-7,9,11-13,15,17-19,21,23,26,29,32,35,38-47,49,51-55,57,59-62H2,1-5H3,(H-,66,69,70,71)/p+1/b10-8-,16-14-,22-20-,25-24-,28-27-,31-30-,34-33-,37-36-,50-48+,58-56+. The number of carbonyl (C=O) groups is 1. The molecule has 0 aliphatic rings. The first kappa shape index (κ1) is 70.9. The molecule has 0 heterocycles. The van der Waals surface area contributed by atoms with Gasteiger partial charge >= 0.3 is 7.82 Å². The highest BCUT2D eigenvalue weighted by Gasteiger charge is 2.27. The highest BCUT2D eigenvalue weighted by molar-refractivity contribution is 7.47. The van der Waals surface area contributed by atoms with Crippen molar-refractivity contribution >= 4 is 13.7 Å². The number of hydrogen-bond acceptors (Lipinski definition) is 5. The van der Waals surface area contributed by atoms with Crippen LogP contribution >= 0.6 is 7.82 Å². The third-order valence-corrected chi connectivity index (χ3v) is 13.6. The minimum Gasteiger partial charge on any atom is -0.387 e. The second kappa shape index (κ2) is 54.7. The molecule has 0 aromatic heterocycles. The number of amides is 1. The summed E-state index contributed by atoms with van der Waals surface area (Å²) in [6, 6.07) is -0.871. The molecule has 3 atom stereocenters. The number of aliphatic hydroxyl groups excluding tert-OH is 1. The van der Waals surface area contributed by atoms with Crippen molar-refractivity contribution in [2.24, 2.45) is 0 Å². The molecule has 0 radical (unpaired) electrons. The number of likely N-dealkylation sites (N-methyl/N-ethyl adjacent to an activating group) is 1. The Balaban J connectivity index is 4.13. The largest absolute Gasteiger partial charge is 0.472 e. The second-order valence-electron chi connectivity index (χ2n) is 21.0. The normalized spacial score (nSPS) is 14.7. The Labute approximate surface area is 456 Å². The summed E-state index contributed by atoms with van der Waals surface area (Å²) < 4.78 is 23.7. The number of unbranched alkanes of at least 4 members (excludes halogenated alkanes) is 22. The quantitative estimate of drug-likeness (QED) is 0.0243. The van der Waals surface area contributed by atoms with Crippen molar-refractivity contribution in [2.45, 2.75) is 244 Å². The summed E-state index contributed by atoms with van der Waals surface area (Å²) in [7, 11) is 1.54. The molecule has 0 bridgehead atoms. The summed E-state index contributed by atoms with van der Waals surface area (Å²) in [6.07, 6.45) is 81.7. The lowest BCUT2D eigenvalue weighted by atomic mass is 10.0. The molecule has 74 heavy (non-hydrogen) atoms. The molecule has 0 rings (SSSR count). The Hall–Kier alpha value is -3.10. The Kier molecular flexibility index (Phi) is 52.4. The number of carbonyl (C=O) groups excluding carboxylic acids is 1. The molecule has 0 aromatic carbocycles. The van der Waals surface area contributed by atoms with Crippen molar-refractivity contribution in [3.8, 4) is 0 Å². The van der Waals surface area contributed by atoms with Crippen LogP contribution in [0.2, 0.25) is 0 Å². The molecular formula is C65H114N2O6P+. The van der Waals surface area contributed by atoms with Crippen LogP contribution < -0.4 is 5.32 Å². The van der Waals surface area contributed by atoms with Crippen molar-refractivity contribution in [2.75, 3.05) is 40.9 Å². The maximum Gasteiger partial charge on any atom is 0.472 e. The molecule has 0 aromatic rings. The van der Waals surface area contributed by atoms with Gasteiger partial charge in [-0.05, 0) is 96.3 Å². The number of allylic oxidation sites excluding steroid dienone is 19. The summed E-state index contributed by atoms with van der Waals surface area (Å²) in [4.78, 5) is 23.3. The lowest BCUT2D eigenvalue weighted by molar-refractivity contribution is -0.870. The first-order valence-corrected chi connectivity index (χ1v) is 31.4. The van der Waals surface area contributed by atoms with Gasteiger partial charge in [-0.2, -0.15) is 0 Å². The highest BCUT2D eigenvalue weighted by atomic mass is 31.2. The number of quaternary nitrogens is 1. The van der Waals surface area contributed by atoms with Crippen LogP contribution in [0.15, 0.2) is 122 Å². The minimum absolute atomic E-state index is 0.0508. The van der Waals surface area contributed by atoms with Crippen LogP contribution in [0.3, 0.4) is 0 Å². The first-order chi connectivity index (χ1) is 36.0. The molecule has 0 spiro atoms. The molecule has 0 saturated heterocycles. The van der Waals surface area contributed by atoms with Crippen molar-refractivity contribution in [3.63, 3.8) is 0 Å². The molecule has 424 valence electrons. The zero-order chi connectivity index (χ0) is 54.2. The molecule has 0 saturated carbocycles. The number of rotatable bonds is 53. The Morgan fingerprint density at radius 2 is 0.824 bits per heavy atom. The fourth-order valence-corrected chi connectivity index (χ4v) is 8.75. The van der Waals surface area contributed by atoms with Gasteiger partial charge in [0.2, 0.25) is 5.91 Å². The Bertz CT molecular complexity index is 1620. The third-order valence-electron chi connectivity index (χ3n) is 12.7. The molecule has 3 unspecified atom stereocenters. The summed E-state index contributed by atoms with van der Waals surface area (Å²) >= 11 is 0. The topological polar surface area (TPSA) is 105 Å². The zero-order valence-corrected chi connectivity index (χ0v) is 49.2. The van der Waals surface area contributed by atoms with Crippen LogP contribution in [0.4, 0.5) is 0 Å². The van der Waals surface area contributed by atoms with Crippen molar-refractivity contribution < 1.29 is 32.9 Å². The van der Waals surface area contributed by atoms with Gasteiger partial charge < -0.3 is 19.8 Å². The van der Waals surface area contributed by atoms with Gasteiger partial charge in [-0.15, -0.1) is 0 Å². The van der Waals surface area contributed by atoms with E-state index >= 15 is 0 Å². The molecule has 0 aliphatic heterocycles. The number of phosphoric acid groups is 1. The maximum absolute atomic E-state index is 13.0. The monoisotopic (exact) mass is 1050 g/mol. The van der Waals surface area contributed by atoms with Crippen LogP contribution in [0, 0.1) is 0 Å². The average molecular weight is 1050 g/mol. The van der Waals surface area contributed by atoms with Crippen LogP contribution in [-0.2, 0) is 18.4 Å². The van der Waals surface area contributed by atoms with Gasteiger partial charge in [-0.25, -0.2) is 4.57 Å². The smallest absolute Gasteiger partial charge is 0.387 e. The fraction of sp³-hybridized carbons (Fsp3) is 0.677. The summed E-state index contributed by atoms with van der Waals surface area (Å²) in [6.45, 7) is 4.67. The van der Waals surface area contributed by atoms with Gasteiger partial charge in [-0.1, -0.05) is 251 Å². The van der Waals surface area contributed by atoms with Crippen molar-refractivity contribution in [3.05, 3.63) is 122 Å². The predicted octanol–water partition coefficient (Wildman–Crippen LogP) is 18.5. The van der Waals surface area contributed by atoms with E-state index in [-0.39, 0.29) is 19.1 Å². The van der Waals surface area contributed by atoms with E-state index < -0.39 is 20.0 Å². The number of nitrogens with one attached hydrogen (secondary N) is 1. The van der Waals surface area contributed by atoms with Crippen LogP contribution in [-0.4, -0.2) is 73.4 Å². The summed E-state index contributed by atoms with van der Waals surface area (Å²) in [5, 5.41) is 13.9. The first-order valence-electron chi connectivity index (χ1n) is 29.9. The van der Waals surface area contributed by atoms with E-state index in [0.717, 1.165) is 89.9 Å². The van der Waals surface area contributed by atoms with E-state index in [1.54, 1.807) is 6.08 Å². The van der Waals surface area contributed by atoms with Crippen molar-refractivity contribution in [1.29, 1.82) is 0 Å². The third kappa shape index (κ3) is 56.6. The number of aliphatic hydroxyl groups is 1. The highest BCUT2D eigenvalue weighted by Crippen LogP contribution is 2.43. The Morgan fingerprint density at radius 3 is 1.24 bits per heavy atom. The lowest BCUT2D eigenvalue weighted by Gasteiger charge is -2.25. The molecular weight excluding hydrogens is 936 g/mol. The van der Waals surface area contributed by atoms with Gasteiger partial charge in [0.05, 0.1) is 39.9 Å². The van der Waals surface area contributed by atoms with Crippen LogP contribution in [0.25, 0.3) is 0 Å². The van der Waals surface area contributed by atoms with Crippen molar-refractivity contribution in [1.82, 2.24) is 5.32 Å². The van der Waals surface area contributed by atoms with Gasteiger partial charge in [0, 0.05) is 6.42 Å². The molecule has 1 amide bonds. The number of nitrogens with zero attached hydrogens (tertiary/aromatic N) is 1. The molecule has 9 heteroatoms. The van der Waals surface area contributed by atoms with Gasteiger partial charge in [-0.3, -0.25) is 13.8 Å². The number of phosphoric ester groups is 1. The van der Waals surface area contributed by atoms with E-state index in [1.807, 2.05) is 27.2 Å². The molecule has 3 N–H and O–H groups in total. The van der Waals surface area contributed by atoms with E-state index in [0.29, 0.717) is 17.4 Å². The van der Waals surface area contributed by atoms with Crippen LogP contribution in [0.5, 0.6) is 0 Å².